The van der Waals surface area contributed by atoms with Gasteiger partial charge in [0.05, 0.1) is 6.04 Å². The van der Waals surface area contributed by atoms with Crippen LogP contribution in [0.3, 0.4) is 0 Å². The normalized spacial score (nSPS) is 12.4. The quantitative estimate of drug-likeness (QED) is 0.642. The third-order valence-electron chi connectivity index (χ3n) is 3.73. The topological polar surface area (TPSA) is 38.0 Å². The van der Waals surface area contributed by atoms with Crippen molar-refractivity contribution in [2.45, 2.75) is 39.7 Å². The number of rotatable bonds is 5. The molecule has 106 valence electrons. The predicted molar refractivity (Wildman–Crippen MR) is 85.5 cm³/mol. The van der Waals surface area contributed by atoms with Gasteiger partial charge in [-0.05, 0) is 43.4 Å². The predicted octanol–water partition coefficient (Wildman–Crippen LogP) is 3.61. The molecule has 20 heavy (non-hydrogen) atoms. The molecule has 2 aromatic rings. The zero-order valence-corrected chi connectivity index (χ0v) is 12.6. The summed E-state index contributed by atoms with van der Waals surface area (Å²) in [6.07, 6.45) is 1.94. The number of nitrogens with two attached hydrogens (primary N) is 1. The highest BCUT2D eigenvalue weighted by molar-refractivity contribution is 5.34. The fraction of sp³-hybridized carbons (Fsp3) is 0.333. The highest BCUT2D eigenvalue weighted by Crippen LogP contribution is 2.23. The van der Waals surface area contributed by atoms with Crippen molar-refractivity contribution in [2.75, 3.05) is 0 Å². The van der Waals surface area contributed by atoms with Crippen molar-refractivity contribution in [3.05, 3.63) is 70.3 Å². The second-order valence-electron chi connectivity index (χ2n) is 5.47. The molecule has 1 unspecified atom stereocenters. The Morgan fingerprint density at radius 3 is 2.30 bits per heavy atom. The van der Waals surface area contributed by atoms with Crippen LogP contribution in [-0.2, 0) is 12.8 Å². The molecule has 0 aromatic heterocycles. The molecule has 2 heteroatoms. The van der Waals surface area contributed by atoms with E-state index >= 15 is 0 Å². The molecule has 0 heterocycles. The molecule has 0 amide bonds. The highest BCUT2D eigenvalue weighted by Gasteiger charge is 2.13. The van der Waals surface area contributed by atoms with Crippen LogP contribution >= 0.6 is 0 Å². The molecule has 0 saturated carbocycles. The lowest BCUT2D eigenvalue weighted by Crippen LogP contribution is -2.30. The minimum atomic E-state index is 0.160. The average molecular weight is 268 g/mol. The Bertz CT molecular complexity index is 555. The number of nitrogens with one attached hydrogen (secondary N) is 1. The fourth-order valence-electron chi connectivity index (χ4n) is 2.88. The second-order valence-corrected chi connectivity index (χ2v) is 5.47. The average Bonchev–Trinajstić information content (AvgIpc) is 2.43. The summed E-state index contributed by atoms with van der Waals surface area (Å²) in [4.78, 5) is 0. The Balaban J connectivity index is 2.28. The summed E-state index contributed by atoms with van der Waals surface area (Å²) in [5.41, 5.74) is 9.58. The molecule has 0 fully saturated rings. The molecule has 0 bridgehead atoms. The first kappa shape index (κ1) is 14.8. The van der Waals surface area contributed by atoms with E-state index in [1.807, 2.05) is 0 Å². The van der Waals surface area contributed by atoms with Crippen LogP contribution in [0.4, 0.5) is 0 Å². The van der Waals surface area contributed by atoms with E-state index < -0.39 is 0 Å². The van der Waals surface area contributed by atoms with Gasteiger partial charge in [-0.25, -0.2) is 0 Å². The van der Waals surface area contributed by atoms with Gasteiger partial charge in [-0.15, -0.1) is 0 Å². The number of aryl methyl sites for hydroxylation is 3. The molecule has 2 aromatic carbocycles. The number of hydrazine groups is 1. The molecule has 2 rings (SSSR count). The van der Waals surface area contributed by atoms with Crippen LogP contribution in [0.25, 0.3) is 0 Å². The summed E-state index contributed by atoms with van der Waals surface area (Å²) in [5.74, 6) is 5.80. The van der Waals surface area contributed by atoms with Gasteiger partial charge in [-0.2, -0.15) is 0 Å². The van der Waals surface area contributed by atoms with E-state index in [1.165, 1.54) is 27.8 Å². The van der Waals surface area contributed by atoms with E-state index in [0.717, 1.165) is 12.8 Å². The fourth-order valence-corrected chi connectivity index (χ4v) is 2.88. The van der Waals surface area contributed by atoms with Crippen LogP contribution < -0.4 is 11.3 Å². The molecule has 3 N–H and O–H groups in total. The number of benzene rings is 2. The minimum absolute atomic E-state index is 0.160. The van der Waals surface area contributed by atoms with Crippen LogP contribution in [-0.4, -0.2) is 0 Å². The molecule has 0 aliphatic carbocycles. The number of hydrogen-bond donors (Lipinski definition) is 2. The SMILES string of the molecule is CCc1ccccc1C(Cc1cc(C)cc(C)c1)NN. The van der Waals surface area contributed by atoms with Crippen LogP contribution in [0.2, 0.25) is 0 Å². The van der Waals surface area contributed by atoms with Gasteiger partial charge in [-0.3, -0.25) is 11.3 Å². The van der Waals surface area contributed by atoms with E-state index in [0.29, 0.717) is 0 Å². The van der Waals surface area contributed by atoms with Crippen LogP contribution in [0.1, 0.15) is 40.8 Å². The lowest BCUT2D eigenvalue weighted by molar-refractivity contribution is 0.547. The molecule has 0 aliphatic heterocycles. The van der Waals surface area contributed by atoms with Crippen molar-refractivity contribution < 1.29 is 0 Å². The van der Waals surface area contributed by atoms with Crippen molar-refractivity contribution >= 4 is 0 Å². The number of hydrogen-bond acceptors (Lipinski definition) is 2. The maximum atomic E-state index is 5.80. The van der Waals surface area contributed by atoms with Crippen molar-refractivity contribution in [1.29, 1.82) is 0 Å². The first-order valence-electron chi connectivity index (χ1n) is 7.25. The van der Waals surface area contributed by atoms with Crippen LogP contribution in [0.15, 0.2) is 42.5 Å². The summed E-state index contributed by atoms with van der Waals surface area (Å²) < 4.78 is 0. The van der Waals surface area contributed by atoms with Crippen LogP contribution in [0, 0.1) is 13.8 Å². The summed E-state index contributed by atoms with van der Waals surface area (Å²) in [6, 6.07) is 15.4. The Morgan fingerprint density at radius 1 is 1.05 bits per heavy atom. The van der Waals surface area contributed by atoms with Crippen LogP contribution in [0.5, 0.6) is 0 Å². The molecule has 0 aliphatic rings. The van der Waals surface area contributed by atoms with Gasteiger partial charge in [0.1, 0.15) is 0 Å². The zero-order chi connectivity index (χ0) is 14.5. The lowest BCUT2D eigenvalue weighted by Gasteiger charge is -2.20. The minimum Gasteiger partial charge on any atom is -0.271 e. The smallest absolute Gasteiger partial charge is 0.0503 e. The Kier molecular flexibility index (Phi) is 4.94. The molecular formula is C18H24N2. The van der Waals surface area contributed by atoms with Crippen molar-refractivity contribution in [1.82, 2.24) is 5.43 Å². The van der Waals surface area contributed by atoms with Gasteiger partial charge >= 0.3 is 0 Å². The third-order valence-corrected chi connectivity index (χ3v) is 3.73. The highest BCUT2D eigenvalue weighted by atomic mass is 15.2. The van der Waals surface area contributed by atoms with Gasteiger partial charge in [-0.1, -0.05) is 60.5 Å². The second kappa shape index (κ2) is 6.69. The van der Waals surface area contributed by atoms with Gasteiger partial charge < -0.3 is 0 Å². The Hall–Kier alpha value is -1.64. The van der Waals surface area contributed by atoms with Gasteiger partial charge in [0.25, 0.3) is 0 Å². The first-order chi connectivity index (χ1) is 9.63. The summed E-state index contributed by atoms with van der Waals surface area (Å²) in [5, 5.41) is 0. The van der Waals surface area contributed by atoms with E-state index in [4.69, 9.17) is 5.84 Å². The molecule has 2 nitrogen and oxygen atoms in total. The maximum absolute atomic E-state index is 5.80. The van der Waals surface area contributed by atoms with E-state index in [1.54, 1.807) is 0 Å². The maximum Gasteiger partial charge on any atom is 0.0503 e. The molecule has 1 atom stereocenters. The van der Waals surface area contributed by atoms with Crippen molar-refractivity contribution in [3.63, 3.8) is 0 Å². The summed E-state index contributed by atoms with van der Waals surface area (Å²) in [7, 11) is 0. The largest absolute Gasteiger partial charge is 0.271 e. The summed E-state index contributed by atoms with van der Waals surface area (Å²) >= 11 is 0. The zero-order valence-electron chi connectivity index (χ0n) is 12.6. The standard InChI is InChI=1S/C18H24N2/c1-4-16-7-5-6-8-17(16)18(20-19)12-15-10-13(2)9-14(3)11-15/h5-11,18,20H,4,12,19H2,1-3H3. The van der Waals surface area contributed by atoms with Gasteiger partial charge in [0.2, 0.25) is 0 Å². The first-order valence-corrected chi connectivity index (χ1v) is 7.25. The molecule has 0 spiro atoms. The van der Waals surface area contributed by atoms with E-state index in [9.17, 15) is 0 Å². The molecular weight excluding hydrogens is 244 g/mol. The molecule has 0 radical (unpaired) electrons. The van der Waals surface area contributed by atoms with Gasteiger partial charge in [0, 0.05) is 0 Å². The third kappa shape index (κ3) is 3.47. The van der Waals surface area contributed by atoms with E-state index in [2.05, 4.69) is 68.7 Å². The Morgan fingerprint density at radius 2 is 1.70 bits per heavy atom. The van der Waals surface area contributed by atoms with Crippen molar-refractivity contribution in [3.8, 4) is 0 Å². The van der Waals surface area contributed by atoms with Crippen molar-refractivity contribution in [2.24, 2.45) is 5.84 Å². The van der Waals surface area contributed by atoms with E-state index in [-0.39, 0.29) is 6.04 Å². The summed E-state index contributed by atoms with van der Waals surface area (Å²) in [6.45, 7) is 6.46. The molecule has 0 saturated heterocycles. The monoisotopic (exact) mass is 268 g/mol. The van der Waals surface area contributed by atoms with Gasteiger partial charge in [0.15, 0.2) is 0 Å². The lowest BCUT2D eigenvalue weighted by atomic mass is 9.93. The Labute approximate surface area is 122 Å².